The first kappa shape index (κ1) is 11.3. The van der Waals surface area contributed by atoms with E-state index in [1.807, 2.05) is 0 Å². The predicted octanol–water partition coefficient (Wildman–Crippen LogP) is 0.771. The van der Waals surface area contributed by atoms with Crippen LogP contribution in [0.25, 0.3) is 0 Å². The van der Waals surface area contributed by atoms with Crippen LogP contribution in [0.5, 0.6) is 0 Å². The zero-order valence-electron chi connectivity index (χ0n) is 8.53. The molecule has 0 bridgehead atoms. The molecule has 0 saturated carbocycles. The second kappa shape index (κ2) is 5.21. The first-order valence-corrected chi connectivity index (χ1v) is 4.65. The highest BCUT2D eigenvalue weighted by Crippen LogP contribution is 2.11. The molecule has 0 aliphatic carbocycles. The topological polar surface area (TPSA) is 87.4 Å². The van der Waals surface area contributed by atoms with E-state index >= 15 is 0 Å². The summed E-state index contributed by atoms with van der Waals surface area (Å²) < 4.78 is 0. The highest BCUT2D eigenvalue weighted by atomic mass is 16.3. The van der Waals surface area contributed by atoms with E-state index in [1.165, 1.54) is 0 Å². The van der Waals surface area contributed by atoms with Gasteiger partial charge in [0.2, 0.25) is 0 Å². The number of urea groups is 1. The maximum atomic E-state index is 11.3. The van der Waals surface area contributed by atoms with E-state index in [0.29, 0.717) is 11.4 Å². The lowest BCUT2D eigenvalue weighted by atomic mass is 10.3. The van der Waals surface area contributed by atoms with Crippen LogP contribution >= 0.6 is 0 Å². The van der Waals surface area contributed by atoms with Crippen LogP contribution in [0.15, 0.2) is 24.3 Å². The molecule has 5 heteroatoms. The minimum Gasteiger partial charge on any atom is -0.399 e. The van der Waals surface area contributed by atoms with Gasteiger partial charge in [-0.1, -0.05) is 6.07 Å². The number of aliphatic hydroxyl groups excluding tert-OH is 1. The van der Waals surface area contributed by atoms with E-state index in [1.54, 1.807) is 31.2 Å². The molecule has 0 aliphatic heterocycles. The maximum Gasteiger partial charge on any atom is 0.319 e. The summed E-state index contributed by atoms with van der Waals surface area (Å²) in [5.41, 5.74) is 6.76. The molecule has 0 aliphatic rings. The molecule has 1 atom stereocenters. The van der Waals surface area contributed by atoms with Gasteiger partial charge in [0.15, 0.2) is 0 Å². The molecule has 82 valence electrons. The summed E-state index contributed by atoms with van der Waals surface area (Å²) in [7, 11) is 0. The van der Waals surface area contributed by atoms with Crippen molar-refractivity contribution in [1.29, 1.82) is 0 Å². The summed E-state index contributed by atoms with van der Waals surface area (Å²) in [6, 6.07) is 6.25. The molecule has 1 aromatic rings. The Morgan fingerprint density at radius 2 is 2.33 bits per heavy atom. The Kier molecular flexibility index (Phi) is 3.93. The van der Waals surface area contributed by atoms with E-state index in [4.69, 9.17) is 10.8 Å². The van der Waals surface area contributed by atoms with Gasteiger partial charge in [-0.15, -0.1) is 0 Å². The zero-order chi connectivity index (χ0) is 11.3. The minimum absolute atomic E-state index is 0.0929. The number of hydrogen-bond donors (Lipinski definition) is 4. The molecule has 0 radical (unpaired) electrons. The summed E-state index contributed by atoms with van der Waals surface area (Å²) in [6.45, 7) is 1.61. The fourth-order valence-electron chi connectivity index (χ4n) is 1.05. The quantitative estimate of drug-likeness (QED) is 0.554. The molecule has 0 fully saturated rings. The van der Waals surface area contributed by atoms with Crippen molar-refractivity contribution in [2.45, 2.75) is 13.0 Å². The molecule has 15 heavy (non-hydrogen) atoms. The fraction of sp³-hybridized carbons (Fsp3) is 0.300. The van der Waals surface area contributed by atoms with E-state index < -0.39 is 0 Å². The van der Waals surface area contributed by atoms with Crippen molar-refractivity contribution in [3.8, 4) is 0 Å². The van der Waals surface area contributed by atoms with Gasteiger partial charge in [-0.2, -0.15) is 0 Å². The van der Waals surface area contributed by atoms with Crippen molar-refractivity contribution < 1.29 is 9.90 Å². The molecule has 5 N–H and O–H groups in total. The van der Waals surface area contributed by atoms with Gasteiger partial charge in [0.1, 0.15) is 0 Å². The normalized spacial score (nSPS) is 11.9. The number of carbonyl (C=O) groups excluding carboxylic acids is 1. The van der Waals surface area contributed by atoms with Crippen molar-refractivity contribution >= 4 is 17.4 Å². The number of carbonyl (C=O) groups is 1. The van der Waals surface area contributed by atoms with Crippen LogP contribution < -0.4 is 16.4 Å². The second-order valence-corrected chi connectivity index (χ2v) is 3.31. The third-order valence-corrected chi connectivity index (χ3v) is 1.80. The van der Waals surface area contributed by atoms with Gasteiger partial charge in [-0.3, -0.25) is 0 Å². The molecular formula is C10H15N3O2. The third kappa shape index (κ3) is 3.86. The summed E-state index contributed by atoms with van der Waals surface area (Å²) in [5.74, 6) is 0. The predicted molar refractivity (Wildman–Crippen MR) is 59.6 cm³/mol. The van der Waals surface area contributed by atoms with Gasteiger partial charge < -0.3 is 21.5 Å². The van der Waals surface area contributed by atoms with Crippen LogP contribution in [0.4, 0.5) is 16.2 Å². The largest absolute Gasteiger partial charge is 0.399 e. The average molecular weight is 209 g/mol. The van der Waals surface area contributed by atoms with E-state index in [0.717, 1.165) is 0 Å². The minimum atomic E-state index is -0.359. The zero-order valence-corrected chi connectivity index (χ0v) is 8.53. The first-order chi connectivity index (χ1) is 7.11. The third-order valence-electron chi connectivity index (χ3n) is 1.80. The van der Waals surface area contributed by atoms with Gasteiger partial charge in [0.05, 0.1) is 12.6 Å². The number of anilines is 2. The van der Waals surface area contributed by atoms with Gasteiger partial charge in [-0.25, -0.2) is 4.79 Å². The molecular weight excluding hydrogens is 194 g/mol. The van der Waals surface area contributed by atoms with Crippen LogP contribution in [-0.2, 0) is 0 Å². The van der Waals surface area contributed by atoms with Gasteiger partial charge in [0.25, 0.3) is 0 Å². The number of benzene rings is 1. The van der Waals surface area contributed by atoms with Crippen LogP contribution in [0, 0.1) is 0 Å². The second-order valence-electron chi connectivity index (χ2n) is 3.31. The summed E-state index contributed by atoms with van der Waals surface area (Å²) in [5, 5.41) is 13.9. The lowest BCUT2D eigenvalue weighted by Crippen LogP contribution is -2.38. The Balaban J connectivity index is 2.51. The van der Waals surface area contributed by atoms with E-state index in [-0.39, 0.29) is 18.7 Å². The fourth-order valence-corrected chi connectivity index (χ4v) is 1.05. The monoisotopic (exact) mass is 209 g/mol. The van der Waals surface area contributed by atoms with Crippen molar-refractivity contribution in [3.05, 3.63) is 24.3 Å². The highest BCUT2D eigenvalue weighted by Gasteiger charge is 2.05. The summed E-state index contributed by atoms with van der Waals surface area (Å²) >= 11 is 0. The molecule has 2 amide bonds. The van der Waals surface area contributed by atoms with Crippen molar-refractivity contribution in [2.75, 3.05) is 17.7 Å². The standard InChI is InChI=1S/C10H15N3O2/c1-7(6-14)12-10(15)13-9-4-2-3-8(11)5-9/h2-5,7,14H,6,11H2,1H3,(H2,12,13,15). The Labute approximate surface area is 88.3 Å². The summed E-state index contributed by atoms with van der Waals surface area (Å²) in [4.78, 5) is 11.3. The van der Waals surface area contributed by atoms with Gasteiger partial charge in [-0.05, 0) is 25.1 Å². The molecule has 0 spiro atoms. The number of nitrogen functional groups attached to an aromatic ring is 1. The van der Waals surface area contributed by atoms with Crippen LogP contribution in [0.2, 0.25) is 0 Å². The highest BCUT2D eigenvalue weighted by molar-refractivity contribution is 5.89. The molecule has 0 heterocycles. The molecule has 0 saturated heterocycles. The van der Waals surface area contributed by atoms with Crippen molar-refractivity contribution in [2.24, 2.45) is 0 Å². The number of nitrogens with one attached hydrogen (secondary N) is 2. The maximum absolute atomic E-state index is 11.3. The Hall–Kier alpha value is -1.75. The summed E-state index contributed by atoms with van der Waals surface area (Å²) in [6.07, 6.45) is 0. The molecule has 5 nitrogen and oxygen atoms in total. The van der Waals surface area contributed by atoms with Crippen molar-refractivity contribution in [1.82, 2.24) is 5.32 Å². The van der Waals surface area contributed by atoms with Crippen molar-refractivity contribution in [3.63, 3.8) is 0 Å². The number of aliphatic hydroxyl groups is 1. The van der Waals surface area contributed by atoms with Crippen LogP contribution in [-0.4, -0.2) is 23.8 Å². The Morgan fingerprint density at radius 3 is 2.93 bits per heavy atom. The van der Waals surface area contributed by atoms with Gasteiger partial charge in [0, 0.05) is 11.4 Å². The number of nitrogens with two attached hydrogens (primary N) is 1. The van der Waals surface area contributed by atoms with E-state index in [9.17, 15) is 4.79 Å². The first-order valence-electron chi connectivity index (χ1n) is 4.65. The van der Waals surface area contributed by atoms with E-state index in [2.05, 4.69) is 10.6 Å². The number of amides is 2. The Bertz CT molecular complexity index is 341. The molecule has 1 unspecified atom stereocenters. The molecule has 1 rings (SSSR count). The lowest BCUT2D eigenvalue weighted by Gasteiger charge is -2.12. The lowest BCUT2D eigenvalue weighted by molar-refractivity contribution is 0.229. The van der Waals surface area contributed by atoms with Crippen LogP contribution in [0.3, 0.4) is 0 Å². The van der Waals surface area contributed by atoms with Crippen LogP contribution in [0.1, 0.15) is 6.92 Å². The average Bonchev–Trinajstić information content (AvgIpc) is 2.17. The SMILES string of the molecule is CC(CO)NC(=O)Nc1cccc(N)c1. The molecule has 0 aromatic heterocycles. The van der Waals surface area contributed by atoms with Gasteiger partial charge >= 0.3 is 6.03 Å². The molecule has 1 aromatic carbocycles. The number of hydrogen-bond acceptors (Lipinski definition) is 3. The Morgan fingerprint density at radius 1 is 1.60 bits per heavy atom. The smallest absolute Gasteiger partial charge is 0.319 e. The number of rotatable bonds is 3.